The van der Waals surface area contributed by atoms with E-state index in [0.29, 0.717) is 6.42 Å². The van der Waals surface area contributed by atoms with E-state index in [2.05, 4.69) is 31.9 Å². The minimum atomic E-state index is -1.15. The van der Waals surface area contributed by atoms with Gasteiger partial charge < -0.3 is 0 Å². The van der Waals surface area contributed by atoms with Crippen LogP contribution in [-0.2, 0) is 0 Å². The molecular weight excluding hydrogens is 287 g/mol. The summed E-state index contributed by atoms with van der Waals surface area (Å²) in [7, 11) is 0. The Bertz CT molecular complexity index is 309. The Balaban J connectivity index is 2.26. The quantitative estimate of drug-likeness (QED) is 0.687. The predicted octanol–water partition coefficient (Wildman–Crippen LogP) is 4.00. The van der Waals surface area contributed by atoms with Crippen molar-refractivity contribution in [2.45, 2.75) is 16.9 Å². The highest BCUT2D eigenvalue weighted by Crippen LogP contribution is 2.59. The van der Waals surface area contributed by atoms with Gasteiger partial charge in [0.2, 0.25) is 0 Å². The minimum absolute atomic E-state index is 0.0370. The SMILES string of the molecule is FC1(Br)CC1c1cccc(Br)c1. The Hall–Kier alpha value is 0.110. The third-order valence-corrected chi connectivity index (χ3v) is 3.45. The molecule has 2 rings (SSSR count). The van der Waals surface area contributed by atoms with Gasteiger partial charge in [-0.3, -0.25) is 0 Å². The number of halogens is 3. The molecule has 1 aromatic rings. The topological polar surface area (TPSA) is 0 Å². The van der Waals surface area contributed by atoms with Gasteiger partial charge in [0.1, 0.15) is 0 Å². The lowest BCUT2D eigenvalue weighted by Crippen LogP contribution is -1.89. The summed E-state index contributed by atoms with van der Waals surface area (Å²) in [6.07, 6.45) is 0.587. The van der Waals surface area contributed by atoms with Crippen molar-refractivity contribution < 1.29 is 4.39 Å². The highest BCUT2D eigenvalue weighted by molar-refractivity contribution is 9.10. The Kier molecular flexibility index (Phi) is 2.04. The zero-order valence-electron chi connectivity index (χ0n) is 6.23. The maximum Gasteiger partial charge on any atom is 0.172 e. The average Bonchev–Trinajstić information content (AvgIpc) is 2.60. The van der Waals surface area contributed by atoms with Crippen LogP contribution in [0, 0.1) is 0 Å². The molecule has 3 heteroatoms. The average molecular weight is 294 g/mol. The molecule has 1 saturated carbocycles. The molecular formula is C9H7Br2F. The van der Waals surface area contributed by atoms with E-state index in [9.17, 15) is 4.39 Å². The summed E-state index contributed by atoms with van der Waals surface area (Å²) in [5, 5.41) is 0. The summed E-state index contributed by atoms with van der Waals surface area (Å²) in [5.41, 5.74) is 1.06. The second kappa shape index (κ2) is 2.81. The first-order chi connectivity index (χ1) is 5.59. The monoisotopic (exact) mass is 292 g/mol. The van der Waals surface area contributed by atoms with Crippen LogP contribution in [0.1, 0.15) is 17.9 Å². The van der Waals surface area contributed by atoms with Gasteiger partial charge in [-0.05, 0) is 33.6 Å². The van der Waals surface area contributed by atoms with Crippen molar-refractivity contribution in [2.24, 2.45) is 0 Å². The number of alkyl halides is 2. The third-order valence-electron chi connectivity index (χ3n) is 2.08. The summed E-state index contributed by atoms with van der Waals surface area (Å²) >= 11 is 6.39. The predicted molar refractivity (Wildman–Crippen MR) is 54.3 cm³/mol. The molecule has 64 valence electrons. The lowest BCUT2D eigenvalue weighted by Gasteiger charge is -1.99. The highest BCUT2D eigenvalue weighted by atomic mass is 79.9. The first-order valence-electron chi connectivity index (χ1n) is 3.73. The molecule has 0 spiro atoms. The third kappa shape index (κ3) is 1.57. The molecule has 0 saturated heterocycles. The van der Waals surface area contributed by atoms with Crippen LogP contribution in [0.25, 0.3) is 0 Å². The first kappa shape index (κ1) is 8.70. The lowest BCUT2D eigenvalue weighted by molar-refractivity contribution is 0.436. The van der Waals surface area contributed by atoms with Crippen molar-refractivity contribution in [3.63, 3.8) is 0 Å². The molecule has 0 nitrogen and oxygen atoms in total. The van der Waals surface area contributed by atoms with E-state index in [0.717, 1.165) is 10.0 Å². The molecule has 0 aromatic heterocycles. The van der Waals surface area contributed by atoms with Crippen LogP contribution < -0.4 is 0 Å². The standard InChI is InChI=1S/C9H7Br2F/c10-7-3-1-2-6(4-7)8-5-9(8,11)12/h1-4,8H,5H2. The largest absolute Gasteiger partial charge is 0.231 e. The Morgan fingerprint density at radius 3 is 2.67 bits per heavy atom. The van der Waals surface area contributed by atoms with Crippen LogP contribution in [-0.4, -0.2) is 4.58 Å². The molecule has 2 atom stereocenters. The van der Waals surface area contributed by atoms with E-state index < -0.39 is 4.58 Å². The van der Waals surface area contributed by atoms with Crippen molar-refractivity contribution in [1.82, 2.24) is 0 Å². The smallest absolute Gasteiger partial charge is 0.172 e. The molecule has 0 radical (unpaired) electrons. The van der Waals surface area contributed by atoms with Crippen LogP contribution in [0.3, 0.4) is 0 Å². The van der Waals surface area contributed by atoms with Crippen molar-refractivity contribution in [1.29, 1.82) is 0 Å². The molecule has 0 N–H and O–H groups in total. The fourth-order valence-corrected chi connectivity index (χ4v) is 2.30. The molecule has 1 aromatic carbocycles. The normalized spacial score (nSPS) is 33.4. The van der Waals surface area contributed by atoms with E-state index in [1.54, 1.807) is 0 Å². The summed E-state index contributed by atoms with van der Waals surface area (Å²) in [5.74, 6) is 0.0370. The van der Waals surface area contributed by atoms with Crippen molar-refractivity contribution in [2.75, 3.05) is 0 Å². The van der Waals surface area contributed by atoms with Crippen LogP contribution in [0.15, 0.2) is 28.7 Å². The second-order valence-electron chi connectivity index (χ2n) is 3.07. The molecule has 2 unspecified atom stereocenters. The van der Waals surface area contributed by atoms with E-state index in [1.165, 1.54) is 0 Å². The van der Waals surface area contributed by atoms with Crippen molar-refractivity contribution >= 4 is 31.9 Å². The summed E-state index contributed by atoms with van der Waals surface area (Å²) in [6.45, 7) is 0. The molecule has 1 fully saturated rings. The van der Waals surface area contributed by atoms with E-state index in [4.69, 9.17) is 0 Å². The number of rotatable bonds is 1. The first-order valence-corrected chi connectivity index (χ1v) is 5.31. The van der Waals surface area contributed by atoms with Gasteiger partial charge >= 0.3 is 0 Å². The minimum Gasteiger partial charge on any atom is -0.231 e. The number of hydrogen-bond donors (Lipinski definition) is 0. The Morgan fingerprint density at radius 1 is 1.50 bits per heavy atom. The van der Waals surface area contributed by atoms with Crippen molar-refractivity contribution in [3.8, 4) is 0 Å². The van der Waals surface area contributed by atoms with Crippen molar-refractivity contribution in [3.05, 3.63) is 34.3 Å². The van der Waals surface area contributed by atoms with E-state index in [-0.39, 0.29) is 5.92 Å². The molecule has 1 aliphatic carbocycles. The van der Waals surface area contributed by atoms with Crippen LogP contribution in [0.2, 0.25) is 0 Å². The molecule has 0 heterocycles. The van der Waals surface area contributed by atoms with Gasteiger partial charge in [0.05, 0.1) is 0 Å². The molecule has 0 aliphatic heterocycles. The van der Waals surface area contributed by atoms with Gasteiger partial charge in [0.15, 0.2) is 4.58 Å². The zero-order chi connectivity index (χ0) is 8.77. The zero-order valence-corrected chi connectivity index (χ0v) is 9.40. The second-order valence-corrected chi connectivity index (χ2v) is 5.31. The lowest BCUT2D eigenvalue weighted by atomic mass is 10.1. The van der Waals surface area contributed by atoms with Crippen LogP contribution >= 0.6 is 31.9 Å². The molecule has 12 heavy (non-hydrogen) atoms. The summed E-state index contributed by atoms with van der Waals surface area (Å²) in [6, 6.07) is 7.80. The van der Waals surface area contributed by atoms with Crippen LogP contribution in [0.5, 0.6) is 0 Å². The highest BCUT2D eigenvalue weighted by Gasteiger charge is 2.54. The van der Waals surface area contributed by atoms with Gasteiger partial charge in [-0.1, -0.05) is 28.1 Å². The fourth-order valence-electron chi connectivity index (χ4n) is 1.30. The molecule has 1 aliphatic rings. The Morgan fingerprint density at radius 2 is 2.17 bits per heavy atom. The fraction of sp³-hybridized carbons (Fsp3) is 0.333. The van der Waals surface area contributed by atoms with E-state index >= 15 is 0 Å². The maximum atomic E-state index is 13.2. The van der Waals surface area contributed by atoms with Gasteiger partial charge in [-0.15, -0.1) is 0 Å². The van der Waals surface area contributed by atoms with Gasteiger partial charge in [-0.25, -0.2) is 4.39 Å². The number of benzene rings is 1. The maximum absolute atomic E-state index is 13.2. The number of hydrogen-bond acceptors (Lipinski definition) is 0. The summed E-state index contributed by atoms with van der Waals surface area (Å²) < 4.78 is 13.0. The Labute approximate surface area is 87.4 Å². The van der Waals surface area contributed by atoms with Gasteiger partial charge in [-0.2, -0.15) is 0 Å². The van der Waals surface area contributed by atoms with Crippen LogP contribution in [0.4, 0.5) is 4.39 Å². The van der Waals surface area contributed by atoms with Gasteiger partial charge in [0.25, 0.3) is 0 Å². The van der Waals surface area contributed by atoms with E-state index in [1.807, 2.05) is 24.3 Å². The molecule has 0 amide bonds. The van der Waals surface area contributed by atoms with Gasteiger partial charge in [0, 0.05) is 16.8 Å². The summed E-state index contributed by atoms with van der Waals surface area (Å²) in [4.78, 5) is 0. The molecule has 0 bridgehead atoms.